The van der Waals surface area contributed by atoms with E-state index in [1.165, 1.54) is 10.9 Å². The highest BCUT2D eigenvalue weighted by Gasteiger charge is 2.40. The van der Waals surface area contributed by atoms with E-state index in [4.69, 9.17) is 24.0 Å². The van der Waals surface area contributed by atoms with Gasteiger partial charge in [-0.3, -0.25) is 23.4 Å². The zero-order chi connectivity index (χ0) is 21.8. The van der Waals surface area contributed by atoms with Gasteiger partial charge in [0.1, 0.15) is 18.1 Å². The number of nitrogens with one attached hydrogen (secondary N) is 1. The molecule has 4 N–H and O–H groups in total. The van der Waals surface area contributed by atoms with Crippen LogP contribution in [0.15, 0.2) is 29.3 Å². The molecule has 1 aromatic carbocycles. The zero-order valence-corrected chi connectivity index (χ0v) is 17.3. The van der Waals surface area contributed by atoms with E-state index < -0.39 is 31.8 Å². The maximum atomic E-state index is 12.9. The van der Waals surface area contributed by atoms with Crippen LogP contribution in [-0.2, 0) is 25.0 Å². The lowest BCUT2D eigenvalue weighted by Crippen LogP contribution is -2.27. The molecule has 1 saturated heterocycles. The molecule has 2 aliphatic rings. The highest BCUT2D eigenvalue weighted by molar-refractivity contribution is 7.49. The molecule has 2 aliphatic heterocycles. The number of nitrogens with two attached hydrogens (primary N) is 1. The molecule has 31 heavy (non-hydrogen) atoms. The van der Waals surface area contributed by atoms with Gasteiger partial charge in [0.05, 0.1) is 25.6 Å². The maximum Gasteiger partial charge on any atom is 0.530 e. The summed E-state index contributed by atoms with van der Waals surface area (Å²) in [5.74, 6) is 0.416. The second-order valence-corrected chi connectivity index (χ2v) is 8.97. The number of hydrogen-bond acceptors (Lipinski definition) is 10. The highest BCUT2D eigenvalue weighted by Crippen LogP contribution is 2.55. The summed E-state index contributed by atoms with van der Waals surface area (Å²) < 4.78 is 36.5. The number of phosphoric acid groups is 1. The standard InChI is InChI=1S/C18H20N5O7P/c1-9-3-2-4-10-6-27-31(26,30-15(9)10)28-7-12-11(24)5-13(29-12)23-8-20-14-16(23)21-18(19)22-17(14)25/h2-4,8,11-13,24H,5-7H2,1H3,(H3,19,21,22,25)/t11-,12+,13+,31?/m0/s1. The minimum absolute atomic E-state index is 0.0575. The van der Waals surface area contributed by atoms with Gasteiger partial charge in [-0.1, -0.05) is 18.2 Å². The van der Waals surface area contributed by atoms with Crippen LogP contribution in [0, 0.1) is 6.92 Å². The number of H-pyrrole nitrogens is 1. The number of nitrogens with zero attached hydrogens (tertiary/aromatic N) is 3. The first kappa shape index (κ1) is 20.2. The van der Waals surface area contributed by atoms with Crippen molar-refractivity contribution in [1.82, 2.24) is 19.5 Å². The summed E-state index contributed by atoms with van der Waals surface area (Å²) in [4.78, 5) is 22.5. The van der Waals surface area contributed by atoms with E-state index in [-0.39, 0.29) is 36.7 Å². The Morgan fingerprint density at radius 2 is 2.29 bits per heavy atom. The van der Waals surface area contributed by atoms with E-state index in [0.29, 0.717) is 5.75 Å². The molecule has 0 spiro atoms. The molecule has 0 bridgehead atoms. The predicted molar refractivity (Wildman–Crippen MR) is 107 cm³/mol. The number of ether oxygens (including phenoxy) is 1. The number of nitrogen functional groups attached to an aromatic ring is 1. The summed E-state index contributed by atoms with van der Waals surface area (Å²) >= 11 is 0. The molecule has 164 valence electrons. The fourth-order valence-electron chi connectivity index (χ4n) is 3.66. The number of para-hydroxylation sites is 1. The molecular weight excluding hydrogens is 429 g/mol. The van der Waals surface area contributed by atoms with Crippen molar-refractivity contribution in [3.8, 4) is 5.75 Å². The molecule has 4 atom stereocenters. The van der Waals surface area contributed by atoms with Crippen LogP contribution < -0.4 is 15.8 Å². The van der Waals surface area contributed by atoms with Gasteiger partial charge in [-0.05, 0) is 12.5 Å². The number of aliphatic hydroxyl groups excluding tert-OH is 1. The van der Waals surface area contributed by atoms with Crippen molar-refractivity contribution in [1.29, 1.82) is 0 Å². The fraction of sp³-hybridized carbons (Fsp3) is 0.389. The van der Waals surface area contributed by atoms with Crippen LogP contribution in [0.5, 0.6) is 5.75 Å². The van der Waals surface area contributed by atoms with E-state index in [0.717, 1.165) is 11.1 Å². The zero-order valence-electron chi connectivity index (χ0n) is 16.4. The van der Waals surface area contributed by atoms with Crippen LogP contribution in [0.25, 0.3) is 11.2 Å². The van der Waals surface area contributed by atoms with E-state index in [2.05, 4.69) is 15.0 Å². The molecule has 0 amide bonds. The van der Waals surface area contributed by atoms with Crippen LogP contribution >= 0.6 is 7.82 Å². The summed E-state index contributed by atoms with van der Waals surface area (Å²) in [6.45, 7) is 1.71. The van der Waals surface area contributed by atoms with Gasteiger partial charge >= 0.3 is 7.82 Å². The fourth-order valence-corrected chi connectivity index (χ4v) is 4.95. The number of aromatic amines is 1. The Balaban J connectivity index is 1.30. The molecule has 4 heterocycles. The second-order valence-electron chi connectivity index (χ2n) is 7.38. The molecular formula is C18H20N5O7P. The normalized spacial score (nSPS) is 27.9. The molecule has 13 heteroatoms. The van der Waals surface area contributed by atoms with E-state index >= 15 is 0 Å². The van der Waals surface area contributed by atoms with Gasteiger partial charge in [-0.2, -0.15) is 4.98 Å². The molecule has 5 rings (SSSR count). The number of aromatic nitrogens is 4. The average molecular weight is 449 g/mol. The number of hydrogen-bond donors (Lipinski definition) is 3. The van der Waals surface area contributed by atoms with Crippen molar-refractivity contribution in [2.75, 3.05) is 12.3 Å². The summed E-state index contributed by atoms with van der Waals surface area (Å²) in [5.41, 5.74) is 7.08. The highest BCUT2D eigenvalue weighted by atomic mass is 31.2. The third-order valence-electron chi connectivity index (χ3n) is 5.24. The van der Waals surface area contributed by atoms with Gasteiger partial charge in [0.2, 0.25) is 5.95 Å². The van der Waals surface area contributed by atoms with Gasteiger partial charge < -0.3 is 20.1 Å². The molecule has 2 aromatic heterocycles. The van der Waals surface area contributed by atoms with Crippen LogP contribution in [0.4, 0.5) is 5.95 Å². The molecule has 3 aromatic rings. The predicted octanol–water partition coefficient (Wildman–Crippen LogP) is 1.39. The Hall–Kier alpha value is -2.76. The number of aryl methyl sites for hydroxylation is 1. The number of phosphoric ester groups is 1. The van der Waals surface area contributed by atoms with Gasteiger partial charge in [0.25, 0.3) is 5.56 Å². The summed E-state index contributed by atoms with van der Waals surface area (Å²) in [5, 5.41) is 10.4. The SMILES string of the molecule is Cc1cccc2c1OP(=O)(OC[C@H]1O[C@@H](n3cnc4c(=O)[nH]c(N)nc43)C[C@@H]1O)OC2. The Morgan fingerprint density at radius 3 is 3.13 bits per heavy atom. The van der Waals surface area contributed by atoms with Crippen LogP contribution in [0.1, 0.15) is 23.8 Å². The van der Waals surface area contributed by atoms with E-state index in [1.54, 1.807) is 0 Å². The quantitative estimate of drug-likeness (QED) is 0.496. The van der Waals surface area contributed by atoms with Crippen LogP contribution in [0.3, 0.4) is 0 Å². The smallest absolute Gasteiger partial charge is 0.403 e. The van der Waals surface area contributed by atoms with Crippen LogP contribution in [0.2, 0.25) is 0 Å². The van der Waals surface area contributed by atoms with Crippen molar-refractivity contribution in [3.05, 3.63) is 46.0 Å². The Morgan fingerprint density at radius 1 is 1.45 bits per heavy atom. The van der Waals surface area contributed by atoms with Gasteiger partial charge in [-0.25, -0.2) is 9.55 Å². The lowest BCUT2D eigenvalue weighted by atomic mass is 10.1. The molecule has 1 unspecified atom stereocenters. The van der Waals surface area contributed by atoms with Gasteiger partial charge in [-0.15, -0.1) is 0 Å². The summed E-state index contributed by atoms with van der Waals surface area (Å²) in [7, 11) is -3.87. The third-order valence-corrected chi connectivity index (χ3v) is 6.55. The first-order valence-corrected chi connectivity index (χ1v) is 11.0. The van der Waals surface area contributed by atoms with Crippen LogP contribution in [-0.4, -0.2) is 43.4 Å². The van der Waals surface area contributed by atoms with Gasteiger partial charge in [0.15, 0.2) is 11.2 Å². The van der Waals surface area contributed by atoms with E-state index in [9.17, 15) is 14.5 Å². The minimum Gasteiger partial charge on any atom is -0.403 e. The first-order valence-electron chi connectivity index (χ1n) is 9.56. The Kier molecular flexibility index (Phi) is 4.83. The first-order chi connectivity index (χ1) is 14.8. The number of benzene rings is 1. The summed E-state index contributed by atoms with van der Waals surface area (Å²) in [6, 6.07) is 5.52. The van der Waals surface area contributed by atoms with Crippen molar-refractivity contribution in [2.24, 2.45) is 0 Å². The lowest BCUT2D eigenvalue weighted by Gasteiger charge is -2.27. The number of anilines is 1. The molecule has 12 nitrogen and oxygen atoms in total. The van der Waals surface area contributed by atoms with Crippen molar-refractivity contribution in [3.63, 3.8) is 0 Å². The molecule has 1 fully saturated rings. The lowest BCUT2D eigenvalue weighted by molar-refractivity contribution is -0.0442. The van der Waals surface area contributed by atoms with Crippen molar-refractivity contribution < 1.29 is 28.0 Å². The van der Waals surface area contributed by atoms with Gasteiger partial charge in [0, 0.05) is 12.0 Å². The minimum atomic E-state index is -3.87. The summed E-state index contributed by atoms with van der Waals surface area (Å²) in [6.07, 6.45) is -0.825. The average Bonchev–Trinajstić information content (AvgIpc) is 3.31. The van der Waals surface area contributed by atoms with Crippen molar-refractivity contribution >= 4 is 24.9 Å². The molecule has 0 radical (unpaired) electrons. The topological polar surface area (TPSA) is 164 Å². The number of aliphatic hydroxyl groups is 1. The second kappa shape index (κ2) is 7.43. The third kappa shape index (κ3) is 3.62. The Labute approximate surface area is 175 Å². The maximum absolute atomic E-state index is 12.9. The van der Waals surface area contributed by atoms with Crippen molar-refractivity contribution in [2.45, 2.75) is 38.4 Å². The number of rotatable bonds is 4. The number of fused-ring (bicyclic) bond motifs is 2. The Bertz CT molecular complexity index is 1260. The number of imidazole rings is 1. The molecule has 0 aliphatic carbocycles. The molecule has 0 saturated carbocycles. The van der Waals surface area contributed by atoms with E-state index in [1.807, 2.05) is 25.1 Å². The monoisotopic (exact) mass is 449 g/mol. The largest absolute Gasteiger partial charge is 0.530 e.